The third-order valence-corrected chi connectivity index (χ3v) is 4.52. The molecule has 1 amide bonds. The second-order valence-electron chi connectivity index (χ2n) is 5.23. The third-order valence-electron chi connectivity index (χ3n) is 3.59. The Labute approximate surface area is 137 Å². The fraction of sp³-hybridized carbons (Fsp3) is 0.500. The predicted molar refractivity (Wildman–Crippen MR) is 87.4 cm³/mol. The summed E-state index contributed by atoms with van der Waals surface area (Å²) in [5.41, 5.74) is 0.958. The van der Waals surface area contributed by atoms with E-state index in [1.54, 1.807) is 12.1 Å². The molecule has 1 heterocycles. The van der Waals surface area contributed by atoms with Crippen molar-refractivity contribution in [2.24, 2.45) is 5.14 Å². The van der Waals surface area contributed by atoms with Crippen LogP contribution in [0.5, 0.6) is 0 Å². The molecule has 22 heavy (non-hydrogen) atoms. The molecular weight excluding hydrogens is 326 g/mol. The highest BCUT2D eigenvalue weighted by atomic mass is 35.5. The normalized spacial score (nSPS) is 18.3. The van der Waals surface area contributed by atoms with Gasteiger partial charge in [0.1, 0.15) is 0 Å². The summed E-state index contributed by atoms with van der Waals surface area (Å²) in [6.45, 7) is 1.43. The molecule has 1 saturated heterocycles. The number of hydrogen-bond donors (Lipinski definition) is 3. The lowest BCUT2D eigenvalue weighted by Crippen LogP contribution is -2.47. The molecule has 1 aliphatic heterocycles. The van der Waals surface area contributed by atoms with Gasteiger partial charge in [0.2, 0.25) is 15.9 Å². The second kappa shape index (κ2) is 8.47. The van der Waals surface area contributed by atoms with Crippen LogP contribution in [-0.4, -0.2) is 33.5 Å². The number of benzene rings is 1. The van der Waals surface area contributed by atoms with E-state index in [0.29, 0.717) is 13.0 Å². The Bertz CT molecular complexity index is 584. The van der Waals surface area contributed by atoms with Crippen molar-refractivity contribution in [1.82, 2.24) is 10.6 Å². The van der Waals surface area contributed by atoms with Crippen LogP contribution in [0.25, 0.3) is 0 Å². The van der Waals surface area contributed by atoms with Gasteiger partial charge in [-0.15, -0.1) is 12.4 Å². The highest BCUT2D eigenvalue weighted by Crippen LogP contribution is 2.09. The van der Waals surface area contributed by atoms with Gasteiger partial charge in [-0.1, -0.05) is 18.6 Å². The van der Waals surface area contributed by atoms with E-state index in [-0.39, 0.29) is 29.3 Å². The highest BCUT2D eigenvalue weighted by Gasteiger charge is 2.19. The number of rotatable bonds is 5. The summed E-state index contributed by atoms with van der Waals surface area (Å²) in [7, 11) is -3.65. The minimum atomic E-state index is -3.65. The minimum Gasteiger partial charge on any atom is -0.354 e. The van der Waals surface area contributed by atoms with Gasteiger partial charge in [-0.2, -0.15) is 0 Å². The van der Waals surface area contributed by atoms with Crippen molar-refractivity contribution < 1.29 is 13.2 Å². The quantitative estimate of drug-likeness (QED) is 0.724. The number of hydrogen-bond acceptors (Lipinski definition) is 4. The first-order valence-electron chi connectivity index (χ1n) is 7.09. The highest BCUT2D eigenvalue weighted by molar-refractivity contribution is 7.89. The van der Waals surface area contributed by atoms with Crippen molar-refractivity contribution >= 4 is 28.3 Å². The SMILES string of the molecule is Cl.NS(=O)(=O)c1ccc(CCNC(=O)[C@@H]2CCCCN2)cc1. The molecule has 4 N–H and O–H groups in total. The van der Waals surface area contributed by atoms with E-state index in [1.807, 2.05) is 0 Å². The molecule has 1 aliphatic rings. The number of piperidine rings is 1. The van der Waals surface area contributed by atoms with Crippen molar-refractivity contribution in [2.45, 2.75) is 36.6 Å². The Morgan fingerprint density at radius 3 is 2.50 bits per heavy atom. The van der Waals surface area contributed by atoms with E-state index in [1.165, 1.54) is 12.1 Å². The largest absolute Gasteiger partial charge is 0.354 e. The second-order valence-corrected chi connectivity index (χ2v) is 6.79. The van der Waals surface area contributed by atoms with Gasteiger partial charge in [0.25, 0.3) is 0 Å². The van der Waals surface area contributed by atoms with Crippen molar-refractivity contribution in [3.8, 4) is 0 Å². The van der Waals surface area contributed by atoms with E-state index in [2.05, 4.69) is 10.6 Å². The number of halogens is 1. The van der Waals surface area contributed by atoms with Crippen molar-refractivity contribution in [3.63, 3.8) is 0 Å². The lowest BCUT2D eigenvalue weighted by Gasteiger charge is -2.22. The van der Waals surface area contributed by atoms with E-state index in [0.717, 1.165) is 31.4 Å². The molecule has 8 heteroatoms. The van der Waals surface area contributed by atoms with Gasteiger partial charge in [0.05, 0.1) is 10.9 Å². The summed E-state index contributed by atoms with van der Waals surface area (Å²) in [5.74, 6) is 0.0378. The molecule has 6 nitrogen and oxygen atoms in total. The first kappa shape index (κ1) is 18.9. The van der Waals surface area contributed by atoms with Crippen LogP contribution in [0.1, 0.15) is 24.8 Å². The van der Waals surface area contributed by atoms with Gasteiger partial charge in [-0.25, -0.2) is 13.6 Å². The van der Waals surface area contributed by atoms with E-state index in [4.69, 9.17) is 5.14 Å². The molecule has 0 radical (unpaired) electrons. The van der Waals surface area contributed by atoms with Crippen LogP contribution >= 0.6 is 12.4 Å². The lowest BCUT2D eigenvalue weighted by molar-refractivity contribution is -0.123. The third kappa shape index (κ3) is 5.57. The van der Waals surface area contributed by atoms with Gasteiger partial charge in [-0.05, 0) is 43.5 Å². The lowest BCUT2D eigenvalue weighted by atomic mass is 10.0. The molecule has 124 valence electrons. The molecule has 0 saturated carbocycles. The Hall–Kier alpha value is -1.15. The molecule has 1 atom stereocenters. The smallest absolute Gasteiger partial charge is 0.238 e. The van der Waals surface area contributed by atoms with Gasteiger partial charge in [-0.3, -0.25) is 4.79 Å². The maximum atomic E-state index is 11.9. The Morgan fingerprint density at radius 2 is 1.95 bits per heavy atom. The average Bonchev–Trinajstić information content (AvgIpc) is 2.47. The van der Waals surface area contributed by atoms with Crippen LogP contribution in [0.4, 0.5) is 0 Å². The maximum Gasteiger partial charge on any atom is 0.238 e. The molecule has 1 aromatic carbocycles. The molecule has 0 aliphatic carbocycles. The standard InChI is InChI=1S/C14H21N3O3S.ClH/c15-21(19,20)12-6-4-11(5-7-12)8-10-17-14(18)13-3-1-2-9-16-13;/h4-7,13,16H,1-3,8-10H2,(H,17,18)(H2,15,19,20);1H/t13-;/m0./s1. The number of carbonyl (C=O) groups is 1. The van der Waals surface area contributed by atoms with E-state index < -0.39 is 10.0 Å². The molecule has 2 rings (SSSR count). The van der Waals surface area contributed by atoms with Crippen LogP contribution in [-0.2, 0) is 21.2 Å². The van der Waals surface area contributed by atoms with Gasteiger partial charge in [0.15, 0.2) is 0 Å². The minimum absolute atomic E-state index is 0. The first-order valence-corrected chi connectivity index (χ1v) is 8.64. The van der Waals surface area contributed by atoms with Crippen molar-refractivity contribution in [2.75, 3.05) is 13.1 Å². The van der Waals surface area contributed by atoms with Crippen molar-refractivity contribution in [1.29, 1.82) is 0 Å². The summed E-state index contributed by atoms with van der Waals surface area (Å²) >= 11 is 0. The molecule has 1 fully saturated rings. The number of primary sulfonamides is 1. The van der Waals surface area contributed by atoms with Crippen LogP contribution < -0.4 is 15.8 Å². The summed E-state index contributed by atoms with van der Waals surface area (Å²) in [6, 6.07) is 6.31. The molecule has 0 aromatic heterocycles. The average molecular weight is 348 g/mol. The molecular formula is C14H22ClN3O3S. The topological polar surface area (TPSA) is 101 Å². The Balaban J connectivity index is 0.00000242. The maximum absolute atomic E-state index is 11.9. The van der Waals surface area contributed by atoms with Crippen molar-refractivity contribution in [3.05, 3.63) is 29.8 Å². The zero-order valence-electron chi connectivity index (χ0n) is 12.2. The molecule has 0 unspecified atom stereocenters. The van der Waals surface area contributed by atoms with E-state index in [9.17, 15) is 13.2 Å². The number of sulfonamides is 1. The van der Waals surface area contributed by atoms with Crippen LogP contribution in [0.15, 0.2) is 29.2 Å². The fourth-order valence-electron chi connectivity index (χ4n) is 2.37. The first-order chi connectivity index (χ1) is 9.97. The number of nitrogens with two attached hydrogens (primary N) is 1. The summed E-state index contributed by atoms with van der Waals surface area (Å²) < 4.78 is 22.3. The zero-order valence-corrected chi connectivity index (χ0v) is 13.9. The molecule has 1 aromatic rings. The predicted octanol–water partition coefficient (Wildman–Crippen LogP) is 0.557. The number of carbonyl (C=O) groups excluding carboxylic acids is 1. The zero-order chi connectivity index (χ0) is 15.3. The van der Waals surface area contributed by atoms with Crippen LogP contribution in [0.2, 0.25) is 0 Å². The van der Waals surface area contributed by atoms with Crippen LogP contribution in [0, 0.1) is 0 Å². The monoisotopic (exact) mass is 347 g/mol. The number of amides is 1. The van der Waals surface area contributed by atoms with Gasteiger partial charge >= 0.3 is 0 Å². The summed E-state index contributed by atoms with van der Waals surface area (Å²) in [5, 5.41) is 11.1. The van der Waals surface area contributed by atoms with Gasteiger partial charge < -0.3 is 10.6 Å². The summed E-state index contributed by atoms with van der Waals surface area (Å²) in [4.78, 5) is 12.0. The Morgan fingerprint density at radius 1 is 1.27 bits per heavy atom. The summed E-state index contributed by atoms with van der Waals surface area (Å²) in [6.07, 6.45) is 3.75. The number of nitrogens with one attached hydrogen (secondary N) is 2. The van der Waals surface area contributed by atoms with Crippen LogP contribution in [0.3, 0.4) is 0 Å². The van der Waals surface area contributed by atoms with Gasteiger partial charge in [0, 0.05) is 6.54 Å². The Kier molecular flexibility index (Phi) is 7.28. The molecule has 0 spiro atoms. The fourth-order valence-corrected chi connectivity index (χ4v) is 2.89. The molecule has 0 bridgehead atoms. The van der Waals surface area contributed by atoms with E-state index >= 15 is 0 Å².